The van der Waals surface area contributed by atoms with Crippen molar-refractivity contribution in [3.05, 3.63) is 23.4 Å². The Bertz CT molecular complexity index is 588. The Morgan fingerprint density at radius 3 is 2.53 bits per heavy atom. The Labute approximate surface area is 114 Å². The van der Waals surface area contributed by atoms with Gasteiger partial charge in [-0.1, -0.05) is 0 Å². The molecular formula is C15H22N2O2. The zero-order valence-electron chi connectivity index (χ0n) is 12.3. The number of rotatable bonds is 5. The van der Waals surface area contributed by atoms with Gasteiger partial charge in [0.25, 0.3) is 0 Å². The van der Waals surface area contributed by atoms with Gasteiger partial charge in [0.05, 0.1) is 19.7 Å². The highest BCUT2D eigenvalue weighted by Crippen LogP contribution is 2.36. The van der Waals surface area contributed by atoms with E-state index in [1.54, 1.807) is 14.2 Å². The number of nitrogens with zero attached hydrogens (tertiary/aromatic N) is 1. The zero-order valence-corrected chi connectivity index (χ0v) is 12.3. The molecule has 104 valence electrons. The van der Waals surface area contributed by atoms with Crippen LogP contribution in [0.15, 0.2) is 12.1 Å². The van der Waals surface area contributed by atoms with Gasteiger partial charge in [0.1, 0.15) is 11.5 Å². The van der Waals surface area contributed by atoms with Gasteiger partial charge in [0, 0.05) is 30.3 Å². The van der Waals surface area contributed by atoms with Crippen molar-refractivity contribution in [3.8, 4) is 11.5 Å². The number of ether oxygens (including phenoxy) is 2. The lowest BCUT2D eigenvalue weighted by atomic mass is 10.1. The van der Waals surface area contributed by atoms with Crippen LogP contribution in [0.2, 0.25) is 0 Å². The third kappa shape index (κ3) is 2.28. The van der Waals surface area contributed by atoms with Crippen LogP contribution < -0.4 is 14.8 Å². The lowest BCUT2D eigenvalue weighted by molar-refractivity contribution is 0.397. The van der Waals surface area contributed by atoms with Gasteiger partial charge in [-0.05, 0) is 32.5 Å². The van der Waals surface area contributed by atoms with Gasteiger partial charge in [-0.3, -0.25) is 0 Å². The van der Waals surface area contributed by atoms with E-state index in [1.165, 1.54) is 16.6 Å². The van der Waals surface area contributed by atoms with E-state index in [4.69, 9.17) is 9.47 Å². The molecule has 0 atom stereocenters. The maximum atomic E-state index is 5.55. The van der Waals surface area contributed by atoms with Crippen LogP contribution in [0.25, 0.3) is 10.9 Å². The van der Waals surface area contributed by atoms with Crippen LogP contribution in [0.5, 0.6) is 11.5 Å². The molecule has 4 nitrogen and oxygen atoms in total. The predicted molar refractivity (Wildman–Crippen MR) is 78.4 cm³/mol. The van der Waals surface area contributed by atoms with Gasteiger partial charge < -0.3 is 19.4 Å². The Morgan fingerprint density at radius 2 is 1.95 bits per heavy atom. The lowest BCUT2D eigenvalue weighted by Gasteiger charge is -2.08. The number of likely N-dealkylation sites (N-methyl/N-ethyl adjacent to an activating group) is 1. The quantitative estimate of drug-likeness (QED) is 0.898. The topological polar surface area (TPSA) is 35.4 Å². The fourth-order valence-electron chi connectivity index (χ4n) is 2.54. The number of hydrogen-bond donors (Lipinski definition) is 1. The Kier molecular flexibility index (Phi) is 4.00. The fraction of sp³-hybridized carbons (Fsp3) is 0.467. The standard InChI is InChI=1S/C15H22N2O2/c1-10-12(6-7-16-2)15-13(17(10)3)8-11(18-4)9-14(15)19-5/h8-9,16H,6-7H2,1-5H3. The minimum absolute atomic E-state index is 0.824. The number of hydrogen-bond acceptors (Lipinski definition) is 3. The van der Waals surface area contributed by atoms with E-state index in [-0.39, 0.29) is 0 Å². The SMILES string of the molecule is CNCCc1c(C)n(C)c2cc(OC)cc(OC)c12. The molecule has 0 spiro atoms. The van der Waals surface area contributed by atoms with Crippen LogP contribution in [0.1, 0.15) is 11.3 Å². The molecule has 1 N–H and O–H groups in total. The molecule has 0 radical (unpaired) electrons. The molecule has 19 heavy (non-hydrogen) atoms. The molecule has 0 saturated carbocycles. The number of aryl methyl sites for hydroxylation is 1. The average molecular weight is 262 g/mol. The van der Waals surface area contributed by atoms with E-state index in [1.807, 2.05) is 13.1 Å². The van der Waals surface area contributed by atoms with Crippen molar-refractivity contribution in [1.29, 1.82) is 0 Å². The third-order valence-corrected chi connectivity index (χ3v) is 3.74. The third-order valence-electron chi connectivity index (χ3n) is 3.74. The van der Waals surface area contributed by atoms with E-state index in [2.05, 4.69) is 29.9 Å². The van der Waals surface area contributed by atoms with Crippen LogP contribution in [0.3, 0.4) is 0 Å². The zero-order chi connectivity index (χ0) is 14.0. The van der Waals surface area contributed by atoms with Crippen molar-refractivity contribution in [1.82, 2.24) is 9.88 Å². The summed E-state index contributed by atoms with van der Waals surface area (Å²) >= 11 is 0. The Morgan fingerprint density at radius 1 is 1.21 bits per heavy atom. The van der Waals surface area contributed by atoms with Crippen LogP contribution in [-0.4, -0.2) is 32.4 Å². The fourth-order valence-corrected chi connectivity index (χ4v) is 2.54. The highest BCUT2D eigenvalue weighted by molar-refractivity contribution is 5.92. The van der Waals surface area contributed by atoms with E-state index < -0.39 is 0 Å². The largest absolute Gasteiger partial charge is 0.497 e. The van der Waals surface area contributed by atoms with Crippen LogP contribution in [-0.2, 0) is 13.5 Å². The first-order chi connectivity index (χ1) is 9.13. The molecule has 4 heteroatoms. The minimum atomic E-state index is 0.824. The van der Waals surface area contributed by atoms with Crippen molar-refractivity contribution in [2.75, 3.05) is 27.8 Å². The van der Waals surface area contributed by atoms with Crippen molar-refractivity contribution >= 4 is 10.9 Å². The van der Waals surface area contributed by atoms with Gasteiger partial charge in [-0.15, -0.1) is 0 Å². The van der Waals surface area contributed by atoms with Gasteiger partial charge in [0.15, 0.2) is 0 Å². The summed E-state index contributed by atoms with van der Waals surface area (Å²) < 4.78 is 13.1. The summed E-state index contributed by atoms with van der Waals surface area (Å²) in [5.74, 6) is 1.70. The van der Waals surface area contributed by atoms with Crippen LogP contribution in [0, 0.1) is 6.92 Å². The Balaban J connectivity index is 2.71. The number of aromatic nitrogens is 1. The molecule has 0 aliphatic carbocycles. The molecule has 0 bridgehead atoms. The molecule has 0 saturated heterocycles. The number of benzene rings is 1. The van der Waals surface area contributed by atoms with Gasteiger partial charge >= 0.3 is 0 Å². The second kappa shape index (κ2) is 5.53. The minimum Gasteiger partial charge on any atom is -0.497 e. The molecular weight excluding hydrogens is 240 g/mol. The van der Waals surface area contributed by atoms with Gasteiger partial charge in [0.2, 0.25) is 0 Å². The van der Waals surface area contributed by atoms with Crippen molar-refractivity contribution in [3.63, 3.8) is 0 Å². The molecule has 0 unspecified atom stereocenters. The summed E-state index contributed by atoms with van der Waals surface area (Å²) in [5, 5.41) is 4.40. The van der Waals surface area contributed by atoms with Crippen LogP contribution in [0.4, 0.5) is 0 Å². The van der Waals surface area contributed by atoms with Crippen LogP contribution >= 0.6 is 0 Å². The van der Waals surface area contributed by atoms with Crippen molar-refractivity contribution in [2.45, 2.75) is 13.3 Å². The van der Waals surface area contributed by atoms with Crippen molar-refractivity contribution < 1.29 is 9.47 Å². The van der Waals surface area contributed by atoms with E-state index in [0.717, 1.165) is 30.0 Å². The predicted octanol–water partition coefficient (Wildman–Crippen LogP) is 2.27. The average Bonchev–Trinajstić information content (AvgIpc) is 2.68. The smallest absolute Gasteiger partial charge is 0.132 e. The molecule has 0 aliphatic rings. The highest BCUT2D eigenvalue weighted by Gasteiger charge is 2.17. The first-order valence-electron chi connectivity index (χ1n) is 6.48. The molecule has 0 fully saturated rings. The summed E-state index contributed by atoms with van der Waals surface area (Å²) in [5.41, 5.74) is 3.77. The molecule has 2 aromatic rings. The second-order valence-corrected chi connectivity index (χ2v) is 4.70. The van der Waals surface area contributed by atoms with Crippen molar-refractivity contribution in [2.24, 2.45) is 7.05 Å². The van der Waals surface area contributed by atoms with E-state index in [0.29, 0.717) is 0 Å². The molecule has 1 aromatic heterocycles. The Hall–Kier alpha value is -1.68. The normalized spacial score (nSPS) is 11.0. The number of fused-ring (bicyclic) bond motifs is 1. The molecule has 0 amide bonds. The van der Waals surface area contributed by atoms with E-state index in [9.17, 15) is 0 Å². The summed E-state index contributed by atoms with van der Waals surface area (Å²) in [4.78, 5) is 0. The summed E-state index contributed by atoms with van der Waals surface area (Å²) in [6.07, 6.45) is 0.988. The number of methoxy groups -OCH3 is 2. The van der Waals surface area contributed by atoms with E-state index >= 15 is 0 Å². The van der Waals surface area contributed by atoms with Gasteiger partial charge in [-0.25, -0.2) is 0 Å². The molecule has 0 aliphatic heterocycles. The monoisotopic (exact) mass is 262 g/mol. The highest BCUT2D eigenvalue weighted by atomic mass is 16.5. The molecule has 1 aromatic carbocycles. The molecule has 2 rings (SSSR count). The maximum Gasteiger partial charge on any atom is 0.132 e. The van der Waals surface area contributed by atoms with Gasteiger partial charge in [-0.2, -0.15) is 0 Å². The first kappa shape index (κ1) is 13.7. The summed E-state index contributed by atoms with van der Waals surface area (Å²) in [7, 11) is 7.44. The first-order valence-corrected chi connectivity index (χ1v) is 6.48. The second-order valence-electron chi connectivity index (χ2n) is 4.70. The summed E-state index contributed by atoms with van der Waals surface area (Å²) in [6, 6.07) is 4.01. The lowest BCUT2D eigenvalue weighted by Crippen LogP contribution is -2.11. The molecule has 1 heterocycles. The summed E-state index contributed by atoms with van der Waals surface area (Å²) in [6.45, 7) is 3.10. The number of nitrogens with one attached hydrogen (secondary N) is 1. The maximum absolute atomic E-state index is 5.55.